The Bertz CT molecular complexity index is 852. The highest BCUT2D eigenvalue weighted by atomic mass is 32.2. The van der Waals surface area contributed by atoms with Crippen LogP contribution in [0.15, 0.2) is 35.7 Å². The van der Waals surface area contributed by atoms with Crippen LogP contribution < -0.4 is 5.32 Å². The van der Waals surface area contributed by atoms with Crippen molar-refractivity contribution in [2.75, 3.05) is 18.9 Å². The van der Waals surface area contributed by atoms with Crippen molar-refractivity contribution < 1.29 is 13.2 Å². The van der Waals surface area contributed by atoms with E-state index in [0.29, 0.717) is 5.69 Å². The molecule has 136 valence electrons. The van der Waals surface area contributed by atoms with Crippen LogP contribution in [0.1, 0.15) is 31.0 Å². The highest BCUT2D eigenvalue weighted by Gasteiger charge is 2.26. The largest absolute Gasteiger partial charge is 0.334 e. The van der Waals surface area contributed by atoms with Crippen LogP contribution >= 0.6 is 0 Å². The SMILES string of the molecule is Cc1cccc(C)c1NC(=O)CN(C)S(=O)(=O)c1cn(C(C)C)cn1. The van der Waals surface area contributed by atoms with E-state index in [4.69, 9.17) is 0 Å². The smallest absolute Gasteiger partial charge is 0.262 e. The lowest BCUT2D eigenvalue weighted by molar-refractivity contribution is -0.116. The van der Waals surface area contributed by atoms with Crippen LogP contribution in [-0.2, 0) is 14.8 Å². The van der Waals surface area contributed by atoms with Crippen LogP contribution in [0.25, 0.3) is 0 Å². The number of likely N-dealkylation sites (N-methyl/N-ethyl adjacent to an activating group) is 1. The third-order valence-electron chi connectivity index (χ3n) is 3.96. The average molecular weight is 364 g/mol. The highest BCUT2D eigenvalue weighted by Crippen LogP contribution is 2.20. The number of benzene rings is 1. The first kappa shape index (κ1) is 19.1. The number of imidazole rings is 1. The molecule has 0 fully saturated rings. The van der Waals surface area contributed by atoms with E-state index >= 15 is 0 Å². The van der Waals surface area contributed by atoms with Gasteiger partial charge in [-0.3, -0.25) is 4.79 Å². The first-order chi connectivity index (χ1) is 11.6. The van der Waals surface area contributed by atoms with Gasteiger partial charge >= 0.3 is 0 Å². The molecule has 0 radical (unpaired) electrons. The van der Waals surface area contributed by atoms with E-state index in [0.717, 1.165) is 15.4 Å². The van der Waals surface area contributed by atoms with Gasteiger partial charge in [-0.25, -0.2) is 13.4 Å². The zero-order chi connectivity index (χ0) is 18.8. The highest BCUT2D eigenvalue weighted by molar-refractivity contribution is 7.89. The lowest BCUT2D eigenvalue weighted by Gasteiger charge is -2.17. The van der Waals surface area contributed by atoms with Gasteiger partial charge in [-0.15, -0.1) is 0 Å². The van der Waals surface area contributed by atoms with Gasteiger partial charge in [0.15, 0.2) is 5.03 Å². The molecule has 0 saturated carbocycles. The molecule has 0 aliphatic heterocycles. The molecule has 8 heteroatoms. The van der Waals surface area contributed by atoms with Crippen LogP contribution in [0, 0.1) is 13.8 Å². The molecule has 0 spiro atoms. The Morgan fingerprint density at radius 2 is 1.88 bits per heavy atom. The predicted molar refractivity (Wildman–Crippen MR) is 97.0 cm³/mol. The minimum Gasteiger partial charge on any atom is -0.334 e. The second-order valence-electron chi connectivity index (χ2n) is 6.33. The maximum atomic E-state index is 12.6. The fourth-order valence-electron chi connectivity index (χ4n) is 2.37. The van der Waals surface area contributed by atoms with E-state index < -0.39 is 15.9 Å². The van der Waals surface area contributed by atoms with Gasteiger partial charge in [0.25, 0.3) is 10.0 Å². The van der Waals surface area contributed by atoms with Crippen molar-refractivity contribution in [1.82, 2.24) is 13.9 Å². The predicted octanol–water partition coefficient (Wildman–Crippen LogP) is 2.34. The van der Waals surface area contributed by atoms with Crippen LogP contribution in [0.4, 0.5) is 5.69 Å². The van der Waals surface area contributed by atoms with Crippen LogP contribution in [-0.4, -0.2) is 41.8 Å². The first-order valence-corrected chi connectivity index (χ1v) is 9.43. The van der Waals surface area contributed by atoms with Crippen molar-refractivity contribution >= 4 is 21.6 Å². The monoisotopic (exact) mass is 364 g/mol. The maximum absolute atomic E-state index is 12.6. The summed E-state index contributed by atoms with van der Waals surface area (Å²) in [4.78, 5) is 16.2. The maximum Gasteiger partial charge on any atom is 0.262 e. The van der Waals surface area contributed by atoms with Gasteiger partial charge in [0, 0.05) is 25.0 Å². The molecule has 2 aromatic rings. The number of amides is 1. The minimum atomic E-state index is -3.82. The summed E-state index contributed by atoms with van der Waals surface area (Å²) < 4.78 is 27.8. The van der Waals surface area contributed by atoms with Crippen LogP contribution in [0.5, 0.6) is 0 Å². The number of carbonyl (C=O) groups is 1. The standard InChI is InChI=1S/C17H24N4O3S/c1-12(2)21-10-16(18-11-21)25(23,24)20(5)9-15(22)19-17-13(3)7-6-8-14(17)4/h6-8,10-12H,9H2,1-5H3,(H,19,22). The molecule has 0 atom stereocenters. The molecule has 1 aromatic carbocycles. The van der Waals surface area contributed by atoms with E-state index in [1.807, 2.05) is 45.9 Å². The summed E-state index contributed by atoms with van der Waals surface area (Å²) in [7, 11) is -2.45. The Morgan fingerprint density at radius 1 is 1.28 bits per heavy atom. The number of para-hydroxylation sites is 1. The van der Waals surface area contributed by atoms with E-state index in [1.165, 1.54) is 19.6 Å². The molecule has 1 amide bonds. The number of carbonyl (C=O) groups excluding carboxylic acids is 1. The Hall–Kier alpha value is -2.19. The number of rotatable bonds is 6. The number of nitrogens with one attached hydrogen (secondary N) is 1. The van der Waals surface area contributed by atoms with Gasteiger partial charge in [0.05, 0.1) is 12.9 Å². The first-order valence-electron chi connectivity index (χ1n) is 7.98. The molecular weight excluding hydrogens is 340 g/mol. The summed E-state index contributed by atoms with van der Waals surface area (Å²) in [6.45, 7) is 7.35. The molecular formula is C17H24N4O3S. The lowest BCUT2D eigenvalue weighted by Crippen LogP contribution is -2.35. The zero-order valence-corrected chi connectivity index (χ0v) is 16.0. The third kappa shape index (κ3) is 4.26. The molecule has 0 saturated heterocycles. The quantitative estimate of drug-likeness (QED) is 0.853. The molecule has 1 aromatic heterocycles. The number of aromatic nitrogens is 2. The minimum absolute atomic E-state index is 0.0661. The molecule has 7 nitrogen and oxygen atoms in total. The lowest BCUT2D eigenvalue weighted by atomic mass is 10.1. The normalized spacial score (nSPS) is 12.0. The Morgan fingerprint density at radius 3 is 2.40 bits per heavy atom. The van der Waals surface area contributed by atoms with Gasteiger partial charge in [0.2, 0.25) is 5.91 Å². The Balaban J connectivity index is 2.12. The number of sulfonamides is 1. The number of nitrogens with zero attached hydrogens (tertiary/aromatic N) is 3. The van der Waals surface area contributed by atoms with Crippen LogP contribution in [0.3, 0.4) is 0 Å². The zero-order valence-electron chi connectivity index (χ0n) is 15.1. The molecule has 0 bridgehead atoms. The Labute approximate surface area is 148 Å². The fraction of sp³-hybridized carbons (Fsp3) is 0.412. The van der Waals surface area contributed by atoms with Gasteiger partial charge < -0.3 is 9.88 Å². The van der Waals surface area contributed by atoms with E-state index in [9.17, 15) is 13.2 Å². The van der Waals surface area contributed by atoms with Gasteiger partial charge in [-0.1, -0.05) is 18.2 Å². The fourth-order valence-corrected chi connectivity index (χ4v) is 3.41. The summed E-state index contributed by atoms with van der Waals surface area (Å²) in [5.74, 6) is -0.397. The summed E-state index contributed by atoms with van der Waals surface area (Å²) >= 11 is 0. The number of aryl methyl sites for hydroxylation is 2. The second-order valence-corrected chi connectivity index (χ2v) is 8.32. The van der Waals surface area contributed by atoms with Crippen molar-refractivity contribution in [2.24, 2.45) is 0 Å². The molecule has 2 rings (SSSR count). The molecule has 25 heavy (non-hydrogen) atoms. The number of hydrogen-bond donors (Lipinski definition) is 1. The van der Waals surface area contributed by atoms with Crippen molar-refractivity contribution in [3.05, 3.63) is 41.9 Å². The van der Waals surface area contributed by atoms with E-state index in [-0.39, 0.29) is 17.6 Å². The summed E-state index contributed by atoms with van der Waals surface area (Å²) in [5.41, 5.74) is 2.56. The third-order valence-corrected chi connectivity index (χ3v) is 5.65. The van der Waals surface area contributed by atoms with Gasteiger partial charge in [0.1, 0.15) is 0 Å². The Kier molecular flexibility index (Phi) is 5.64. The van der Waals surface area contributed by atoms with Crippen molar-refractivity contribution in [1.29, 1.82) is 0 Å². The second kappa shape index (κ2) is 7.37. The van der Waals surface area contributed by atoms with Gasteiger partial charge in [-0.05, 0) is 38.8 Å². The molecule has 0 aliphatic rings. The van der Waals surface area contributed by atoms with E-state index in [1.54, 1.807) is 4.57 Å². The van der Waals surface area contributed by atoms with Crippen LogP contribution in [0.2, 0.25) is 0 Å². The van der Waals surface area contributed by atoms with Crippen molar-refractivity contribution in [3.63, 3.8) is 0 Å². The van der Waals surface area contributed by atoms with Gasteiger partial charge in [-0.2, -0.15) is 4.31 Å². The van der Waals surface area contributed by atoms with Crippen molar-refractivity contribution in [3.8, 4) is 0 Å². The summed E-state index contributed by atoms with van der Waals surface area (Å²) in [6.07, 6.45) is 2.95. The molecule has 0 unspecified atom stereocenters. The summed E-state index contributed by atoms with van der Waals surface area (Å²) in [5, 5.41) is 2.72. The van der Waals surface area contributed by atoms with E-state index in [2.05, 4.69) is 10.3 Å². The summed E-state index contributed by atoms with van der Waals surface area (Å²) in [6, 6.07) is 5.79. The number of hydrogen-bond acceptors (Lipinski definition) is 4. The molecule has 0 aliphatic carbocycles. The average Bonchev–Trinajstić information content (AvgIpc) is 3.02. The molecule has 1 heterocycles. The molecule has 1 N–H and O–H groups in total. The van der Waals surface area contributed by atoms with Crippen molar-refractivity contribution in [2.45, 2.75) is 38.8 Å². The topological polar surface area (TPSA) is 84.3 Å². The number of anilines is 1.